The van der Waals surface area contributed by atoms with Crippen molar-refractivity contribution in [1.29, 1.82) is 0 Å². The normalized spacial score (nSPS) is 14.3. The fraction of sp³-hybridized carbons (Fsp3) is 0.182. The predicted molar refractivity (Wildman–Crippen MR) is 167 cm³/mol. The largest absolute Gasteiger partial charge is 0.374 e. The molecule has 1 saturated heterocycles. The molecule has 0 saturated carbocycles. The number of nitrogen functional groups attached to an aromatic ring is 1. The number of nitrogens with zero attached hydrogens (tertiary/aromatic N) is 6. The van der Waals surface area contributed by atoms with Crippen molar-refractivity contribution >= 4 is 16.5 Å². The number of piperidine rings is 1. The summed E-state index contributed by atoms with van der Waals surface area (Å²) in [5.74, 6) is 0.496. The number of nitrogens with two attached hydrogens (primary N) is 1. The highest BCUT2D eigenvalue weighted by atomic mass is 32.1. The van der Waals surface area contributed by atoms with Gasteiger partial charge in [0.15, 0.2) is 5.01 Å². The van der Waals surface area contributed by atoms with Gasteiger partial charge < -0.3 is 5.73 Å². The Labute approximate surface area is 248 Å². The fourth-order valence-corrected chi connectivity index (χ4v) is 6.21. The maximum atomic E-state index is 5.84. The second-order valence-corrected chi connectivity index (χ2v) is 11.6. The Kier molecular flexibility index (Phi) is 7.25. The van der Waals surface area contributed by atoms with E-state index in [0.29, 0.717) is 11.0 Å². The van der Waals surface area contributed by atoms with E-state index in [1.165, 1.54) is 22.6 Å². The first kappa shape index (κ1) is 26.2. The summed E-state index contributed by atoms with van der Waals surface area (Å²) in [6.07, 6.45) is 5.89. The molecule has 4 aromatic heterocycles. The molecule has 0 aliphatic carbocycles. The number of pyridine rings is 2. The monoisotopic (exact) mass is 570 g/mol. The van der Waals surface area contributed by atoms with Crippen LogP contribution in [0.3, 0.4) is 0 Å². The minimum absolute atomic E-state index is 0.450. The quantitative estimate of drug-likeness (QED) is 0.220. The van der Waals surface area contributed by atoms with Gasteiger partial charge in [0, 0.05) is 47.2 Å². The third-order valence-electron chi connectivity index (χ3n) is 7.85. The van der Waals surface area contributed by atoms with Crippen LogP contribution in [-0.4, -0.2) is 48.4 Å². The summed E-state index contributed by atoms with van der Waals surface area (Å²) < 4.78 is 0. The summed E-state index contributed by atoms with van der Waals surface area (Å²) in [4.78, 5) is 11.9. The van der Waals surface area contributed by atoms with Crippen LogP contribution in [0, 0.1) is 0 Å². The Bertz CT molecular complexity index is 1770. The lowest BCUT2D eigenvalue weighted by atomic mass is 9.93. The van der Waals surface area contributed by atoms with Gasteiger partial charge in [-0.1, -0.05) is 72.0 Å². The number of rotatable bonds is 7. The number of nitrogens with one attached hydrogen (secondary N) is 1. The smallest absolute Gasteiger partial charge is 0.203 e. The lowest BCUT2D eigenvalue weighted by molar-refractivity contribution is 0.203. The highest BCUT2D eigenvalue weighted by molar-refractivity contribution is 7.18. The molecule has 1 aliphatic rings. The molecule has 7 rings (SSSR count). The molecule has 2 aromatic carbocycles. The summed E-state index contributed by atoms with van der Waals surface area (Å²) in [5.41, 5.74) is 15.3. The molecule has 0 unspecified atom stereocenters. The van der Waals surface area contributed by atoms with Gasteiger partial charge in [-0.2, -0.15) is 5.10 Å². The second-order valence-electron chi connectivity index (χ2n) is 10.6. The Balaban J connectivity index is 1.04. The van der Waals surface area contributed by atoms with Gasteiger partial charge in [-0.3, -0.25) is 20.0 Å². The van der Waals surface area contributed by atoms with Crippen molar-refractivity contribution in [3.05, 3.63) is 109 Å². The summed E-state index contributed by atoms with van der Waals surface area (Å²) in [6, 6.07) is 29.4. The summed E-state index contributed by atoms with van der Waals surface area (Å²) in [7, 11) is 0. The van der Waals surface area contributed by atoms with Gasteiger partial charge in [0.2, 0.25) is 5.13 Å². The van der Waals surface area contributed by atoms with Crippen molar-refractivity contribution in [2.45, 2.75) is 25.3 Å². The van der Waals surface area contributed by atoms with E-state index in [9.17, 15) is 0 Å². The maximum Gasteiger partial charge on any atom is 0.203 e. The molecular weight excluding hydrogens is 540 g/mol. The van der Waals surface area contributed by atoms with Crippen LogP contribution in [0.4, 0.5) is 5.13 Å². The SMILES string of the molecule is Nc1nnc(-c2cnc(-c3ccc(CN4CCC(c5cc(-c6ccccn6)n[nH]5)CC4)cc3)c(-c3ccccc3)c2)s1. The minimum Gasteiger partial charge on any atom is -0.374 e. The van der Waals surface area contributed by atoms with Crippen LogP contribution in [0.15, 0.2) is 97.3 Å². The average Bonchev–Trinajstić information content (AvgIpc) is 3.72. The molecule has 6 aromatic rings. The molecule has 42 heavy (non-hydrogen) atoms. The molecule has 0 atom stereocenters. The van der Waals surface area contributed by atoms with Crippen molar-refractivity contribution in [3.63, 3.8) is 0 Å². The maximum absolute atomic E-state index is 5.84. The number of hydrogen-bond acceptors (Lipinski definition) is 8. The number of benzene rings is 2. The molecule has 1 aliphatic heterocycles. The Hall–Kier alpha value is -4.73. The number of anilines is 1. The van der Waals surface area contributed by atoms with E-state index in [1.54, 1.807) is 0 Å². The van der Waals surface area contributed by atoms with Gasteiger partial charge in [0.1, 0.15) is 5.69 Å². The van der Waals surface area contributed by atoms with Crippen LogP contribution >= 0.6 is 11.3 Å². The van der Waals surface area contributed by atoms with E-state index in [1.807, 2.05) is 48.8 Å². The number of likely N-dealkylation sites (tertiary alicyclic amines) is 1. The Morgan fingerprint density at radius 1 is 0.810 bits per heavy atom. The first-order valence-corrected chi connectivity index (χ1v) is 14.9. The highest BCUT2D eigenvalue weighted by Gasteiger charge is 2.23. The number of aromatic nitrogens is 6. The molecule has 208 valence electrons. The van der Waals surface area contributed by atoms with Gasteiger partial charge in [0.05, 0.1) is 11.4 Å². The van der Waals surface area contributed by atoms with Crippen LogP contribution < -0.4 is 5.73 Å². The number of hydrogen-bond donors (Lipinski definition) is 2. The number of H-pyrrole nitrogens is 1. The first-order chi connectivity index (χ1) is 20.7. The third-order valence-corrected chi connectivity index (χ3v) is 8.65. The van der Waals surface area contributed by atoms with Crippen LogP contribution in [0.1, 0.15) is 30.0 Å². The lowest BCUT2D eigenvalue weighted by Gasteiger charge is -2.31. The minimum atomic E-state index is 0.450. The van der Waals surface area contributed by atoms with Crippen LogP contribution in [0.5, 0.6) is 0 Å². The lowest BCUT2D eigenvalue weighted by Crippen LogP contribution is -2.32. The Morgan fingerprint density at radius 2 is 1.62 bits per heavy atom. The molecule has 3 N–H and O–H groups in total. The van der Waals surface area contributed by atoms with Crippen molar-refractivity contribution in [2.24, 2.45) is 0 Å². The zero-order chi connectivity index (χ0) is 28.3. The molecule has 0 bridgehead atoms. The van der Waals surface area contributed by atoms with Crippen LogP contribution in [0.25, 0.3) is 44.3 Å². The third kappa shape index (κ3) is 5.57. The molecular formula is C33H30N8S. The summed E-state index contributed by atoms with van der Waals surface area (Å²) in [5, 5.41) is 17.2. The van der Waals surface area contributed by atoms with E-state index < -0.39 is 0 Å². The van der Waals surface area contributed by atoms with Crippen molar-refractivity contribution in [2.75, 3.05) is 18.8 Å². The van der Waals surface area contributed by atoms with E-state index in [2.05, 4.69) is 78.8 Å². The van der Waals surface area contributed by atoms with E-state index in [-0.39, 0.29) is 0 Å². The van der Waals surface area contributed by atoms with Gasteiger partial charge in [-0.15, -0.1) is 10.2 Å². The zero-order valence-electron chi connectivity index (χ0n) is 23.0. The molecule has 0 radical (unpaired) electrons. The zero-order valence-corrected chi connectivity index (χ0v) is 23.8. The topological polar surface area (TPSA) is 110 Å². The van der Waals surface area contributed by atoms with Gasteiger partial charge in [-0.25, -0.2) is 0 Å². The molecule has 5 heterocycles. The highest BCUT2D eigenvalue weighted by Crippen LogP contribution is 2.35. The summed E-state index contributed by atoms with van der Waals surface area (Å²) in [6.45, 7) is 3.05. The van der Waals surface area contributed by atoms with Crippen molar-refractivity contribution < 1.29 is 0 Å². The Morgan fingerprint density at radius 3 is 2.36 bits per heavy atom. The number of aromatic amines is 1. The standard InChI is InChI=1S/C33H30N8S/c34-33-40-39-32(42-33)26-18-27(23-6-2-1-3-7-23)31(36-20-26)25-11-9-22(10-12-25)21-41-16-13-24(14-17-41)29-19-30(38-37-29)28-8-4-5-15-35-28/h1-12,15,18-20,24H,13-14,16-17,21H2,(H2,34,40)(H,37,38). The average molecular weight is 571 g/mol. The molecule has 0 spiro atoms. The van der Waals surface area contributed by atoms with Crippen molar-refractivity contribution in [3.8, 4) is 44.3 Å². The predicted octanol–water partition coefficient (Wildman–Crippen LogP) is 6.68. The van der Waals surface area contributed by atoms with Gasteiger partial charge >= 0.3 is 0 Å². The molecule has 8 nitrogen and oxygen atoms in total. The van der Waals surface area contributed by atoms with Crippen molar-refractivity contribution in [1.82, 2.24) is 35.3 Å². The van der Waals surface area contributed by atoms with Gasteiger partial charge in [-0.05, 0) is 61.3 Å². The van der Waals surface area contributed by atoms with Gasteiger partial charge in [0.25, 0.3) is 0 Å². The van der Waals surface area contributed by atoms with E-state index >= 15 is 0 Å². The van der Waals surface area contributed by atoms with Crippen LogP contribution in [-0.2, 0) is 6.54 Å². The first-order valence-electron chi connectivity index (χ1n) is 14.1. The van der Waals surface area contributed by atoms with Crippen LogP contribution in [0.2, 0.25) is 0 Å². The van der Waals surface area contributed by atoms with E-state index in [0.717, 1.165) is 76.8 Å². The van der Waals surface area contributed by atoms with E-state index in [4.69, 9.17) is 10.7 Å². The summed E-state index contributed by atoms with van der Waals surface area (Å²) >= 11 is 1.37. The second kappa shape index (κ2) is 11.6. The fourth-order valence-electron chi connectivity index (χ4n) is 5.62. The molecule has 9 heteroatoms. The molecule has 1 fully saturated rings. The molecule has 0 amide bonds.